The molecule has 1 aromatic heterocycles. The fourth-order valence-electron chi connectivity index (χ4n) is 1.69. The molecular weight excluding hydrogens is 260 g/mol. The number of carbonyl (C=O) groups is 2. The molecule has 0 spiro atoms. The number of rotatable bonds is 5. The number of benzene rings is 1. The van der Waals surface area contributed by atoms with Gasteiger partial charge in [-0.1, -0.05) is 30.3 Å². The number of hydrogen-bond donors (Lipinski definition) is 1. The molecule has 0 aliphatic rings. The number of H-pyrrole nitrogens is 1. The van der Waals surface area contributed by atoms with Gasteiger partial charge in [0.2, 0.25) is 0 Å². The van der Waals surface area contributed by atoms with Gasteiger partial charge in [0.25, 0.3) is 5.91 Å². The topological polar surface area (TPSA) is 88.2 Å². The number of esters is 1. The van der Waals surface area contributed by atoms with Crippen LogP contribution < -0.4 is 0 Å². The number of methoxy groups -OCH3 is 1. The van der Waals surface area contributed by atoms with Gasteiger partial charge in [-0.3, -0.25) is 9.59 Å². The fourth-order valence-corrected chi connectivity index (χ4v) is 1.69. The summed E-state index contributed by atoms with van der Waals surface area (Å²) >= 11 is 0. The Hall–Kier alpha value is -2.70. The van der Waals surface area contributed by atoms with E-state index in [2.05, 4.69) is 20.1 Å². The molecular formula is C13H14N4O3. The van der Waals surface area contributed by atoms with E-state index < -0.39 is 5.97 Å². The summed E-state index contributed by atoms with van der Waals surface area (Å²) in [5.74, 6) is -0.870. The van der Waals surface area contributed by atoms with Gasteiger partial charge in [0.1, 0.15) is 6.54 Å². The molecule has 2 aromatic rings. The van der Waals surface area contributed by atoms with Gasteiger partial charge in [-0.2, -0.15) is 15.4 Å². The lowest BCUT2D eigenvalue weighted by Crippen LogP contribution is -2.36. The smallest absolute Gasteiger partial charge is 0.325 e. The molecule has 0 saturated heterocycles. The van der Waals surface area contributed by atoms with Crippen molar-refractivity contribution in [3.8, 4) is 0 Å². The molecule has 0 saturated carbocycles. The molecule has 7 heteroatoms. The van der Waals surface area contributed by atoms with Crippen molar-refractivity contribution in [2.45, 2.75) is 6.54 Å². The Bertz CT molecular complexity index is 569. The van der Waals surface area contributed by atoms with Gasteiger partial charge < -0.3 is 9.64 Å². The second kappa shape index (κ2) is 6.46. The highest BCUT2D eigenvalue weighted by molar-refractivity contribution is 5.93. The zero-order valence-corrected chi connectivity index (χ0v) is 10.9. The molecule has 2 rings (SSSR count). The van der Waals surface area contributed by atoms with Gasteiger partial charge in [-0.15, -0.1) is 0 Å². The third-order valence-corrected chi connectivity index (χ3v) is 2.69. The van der Waals surface area contributed by atoms with Gasteiger partial charge in [0.15, 0.2) is 5.69 Å². The summed E-state index contributed by atoms with van der Waals surface area (Å²) in [5, 5.41) is 9.70. The van der Waals surface area contributed by atoms with E-state index in [1.54, 1.807) is 0 Å². The van der Waals surface area contributed by atoms with Crippen molar-refractivity contribution in [2.75, 3.05) is 13.7 Å². The van der Waals surface area contributed by atoms with E-state index in [-0.39, 0.29) is 18.1 Å². The SMILES string of the molecule is COC(=O)CN(Cc1ccccc1)C(=O)c1cn[nH]n1. The zero-order valence-electron chi connectivity index (χ0n) is 10.9. The molecule has 0 radical (unpaired) electrons. The van der Waals surface area contributed by atoms with Gasteiger partial charge >= 0.3 is 5.97 Å². The summed E-state index contributed by atoms with van der Waals surface area (Å²) in [4.78, 5) is 25.0. The van der Waals surface area contributed by atoms with Crippen molar-refractivity contribution in [3.05, 3.63) is 47.8 Å². The zero-order chi connectivity index (χ0) is 14.4. The van der Waals surface area contributed by atoms with E-state index in [1.807, 2.05) is 30.3 Å². The Balaban J connectivity index is 2.16. The number of nitrogens with one attached hydrogen (secondary N) is 1. The molecule has 1 N–H and O–H groups in total. The minimum atomic E-state index is -0.488. The van der Waals surface area contributed by atoms with E-state index in [9.17, 15) is 9.59 Å². The number of hydrogen-bond acceptors (Lipinski definition) is 5. The molecule has 0 atom stereocenters. The van der Waals surface area contributed by atoms with Crippen molar-refractivity contribution >= 4 is 11.9 Å². The second-order valence-corrected chi connectivity index (χ2v) is 4.08. The number of ether oxygens (including phenoxy) is 1. The van der Waals surface area contributed by atoms with Crippen molar-refractivity contribution < 1.29 is 14.3 Å². The van der Waals surface area contributed by atoms with E-state index >= 15 is 0 Å². The first kappa shape index (κ1) is 13.7. The van der Waals surface area contributed by atoms with E-state index in [0.717, 1.165) is 5.56 Å². The highest BCUT2D eigenvalue weighted by Crippen LogP contribution is 2.08. The molecule has 1 aromatic carbocycles. The third-order valence-electron chi connectivity index (χ3n) is 2.69. The lowest BCUT2D eigenvalue weighted by molar-refractivity contribution is -0.141. The number of amides is 1. The van der Waals surface area contributed by atoms with E-state index in [4.69, 9.17) is 0 Å². The molecule has 1 amide bonds. The molecule has 20 heavy (non-hydrogen) atoms. The molecule has 0 aliphatic carbocycles. The van der Waals surface area contributed by atoms with Crippen LogP contribution in [0.4, 0.5) is 0 Å². The van der Waals surface area contributed by atoms with Crippen LogP contribution in [-0.2, 0) is 16.1 Å². The molecule has 7 nitrogen and oxygen atoms in total. The molecule has 0 bridgehead atoms. The number of aromatic amines is 1. The lowest BCUT2D eigenvalue weighted by Gasteiger charge is -2.20. The van der Waals surface area contributed by atoms with Crippen molar-refractivity contribution in [1.29, 1.82) is 0 Å². The maximum absolute atomic E-state index is 12.3. The largest absolute Gasteiger partial charge is 0.468 e. The van der Waals surface area contributed by atoms with Crippen LogP contribution in [-0.4, -0.2) is 45.8 Å². The van der Waals surface area contributed by atoms with Crippen LogP contribution in [0.3, 0.4) is 0 Å². The summed E-state index contributed by atoms with van der Waals surface area (Å²) in [7, 11) is 1.28. The highest BCUT2D eigenvalue weighted by Gasteiger charge is 2.21. The first-order valence-corrected chi connectivity index (χ1v) is 5.96. The average molecular weight is 274 g/mol. The Morgan fingerprint density at radius 2 is 2.05 bits per heavy atom. The van der Waals surface area contributed by atoms with Crippen LogP contribution in [0.15, 0.2) is 36.5 Å². The van der Waals surface area contributed by atoms with Crippen molar-refractivity contribution in [2.24, 2.45) is 0 Å². The number of aromatic nitrogens is 3. The molecule has 0 aliphatic heterocycles. The van der Waals surface area contributed by atoms with Gasteiger partial charge in [-0.25, -0.2) is 0 Å². The highest BCUT2D eigenvalue weighted by atomic mass is 16.5. The second-order valence-electron chi connectivity index (χ2n) is 4.08. The van der Waals surface area contributed by atoms with Gasteiger partial charge in [0, 0.05) is 6.54 Å². The first-order valence-electron chi connectivity index (χ1n) is 5.96. The maximum atomic E-state index is 12.3. The summed E-state index contributed by atoms with van der Waals surface area (Å²) in [6.07, 6.45) is 1.32. The van der Waals surface area contributed by atoms with Gasteiger partial charge in [0.05, 0.1) is 13.3 Å². The predicted molar refractivity (Wildman–Crippen MR) is 69.6 cm³/mol. The molecule has 1 heterocycles. The minimum Gasteiger partial charge on any atom is -0.468 e. The van der Waals surface area contributed by atoms with Crippen LogP contribution in [0.25, 0.3) is 0 Å². The standard InChI is InChI=1S/C13H14N4O3/c1-20-12(18)9-17(8-10-5-3-2-4-6-10)13(19)11-7-14-16-15-11/h2-7H,8-9H2,1H3,(H,14,15,16). The summed E-state index contributed by atoms with van der Waals surface area (Å²) in [5.41, 5.74) is 1.07. The Labute approximate surface area is 115 Å². The van der Waals surface area contributed by atoms with E-state index in [0.29, 0.717) is 6.54 Å². The van der Waals surface area contributed by atoms with Crippen LogP contribution in [0.1, 0.15) is 16.1 Å². The predicted octanol–water partition coefficient (Wildman–Crippen LogP) is 0.620. The first-order chi connectivity index (χ1) is 9.70. The maximum Gasteiger partial charge on any atom is 0.325 e. The van der Waals surface area contributed by atoms with Crippen molar-refractivity contribution in [3.63, 3.8) is 0 Å². The van der Waals surface area contributed by atoms with Gasteiger partial charge in [-0.05, 0) is 5.56 Å². The third kappa shape index (κ3) is 3.41. The summed E-state index contributed by atoms with van der Waals surface area (Å²) in [6.45, 7) is 0.152. The normalized spacial score (nSPS) is 10.1. The summed E-state index contributed by atoms with van der Waals surface area (Å²) < 4.78 is 4.61. The number of carbonyl (C=O) groups excluding carboxylic acids is 2. The average Bonchev–Trinajstić information content (AvgIpc) is 3.01. The van der Waals surface area contributed by atoms with Crippen LogP contribution in [0.2, 0.25) is 0 Å². The monoisotopic (exact) mass is 274 g/mol. The number of nitrogens with zero attached hydrogens (tertiary/aromatic N) is 3. The summed E-state index contributed by atoms with van der Waals surface area (Å²) in [6, 6.07) is 9.37. The van der Waals surface area contributed by atoms with Crippen LogP contribution in [0, 0.1) is 0 Å². The van der Waals surface area contributed by atoms with E-state index in [1.165, 1.54) is 18.2 Å². The fraction of sp³-hybridized carbons (Fsp3) is 0.231. The molecule has 0 fully saturated rings. The molecule has 0 unspecified atom stereocenters. The quantitative estimate of drug-likeness (QED) is 0.807. The van der Waals surface area contributed by atoms with Crippen LogP contribution >= 0.6 is 0 Å². The Morgan fingerprint density at radius 1 is 1.30 bits per heavy atom. The lowest BCUT2D eigenvalue weighted by atomic mass is 10.2. The van der Waals surface area contributed by atoms with Crippen molar-refractivity contribution in [1.82, 2.24) is 20.3 Å². The van der Waals surface area contributed by atoms with Crippen LogP contribution in [0.5, 0.6) is 0 Å². The Kier molecular flexibility index (Phi) is 4.43. The molecule has 104 valence electrons. The minimum absolute atomic E-state index is 0.142. The Morgan fingerprint density at radius 3 is 2.65 bits per heavy atom.